The number of thioether (sulfide) groups is 1. The molecular formula is C24H28BrN5O2S. The van der Waals surface area contributed by atoms with Crippen molar-refractivity contribution in [2.24, 2.45) is 13.0 Å². The molecule has 0 bridgehead atoms. The van der Waals surface area contributed by atoms with Crippen molar-refractivity contribution < 1.29 is 9.90 Å². The van der Waals surface area contributed by atoms with Crippen molar-refractivity contribution in [3.8, 4) is 11.4 Å². The van der Waals surface area contributed by atoms with Gasteiger partial charge < -0.3 is 14.6 Å². The lowest BCUT2D eigenvalue weighted by Crippen LogP contribution is -2.27. The lowest BCUT2D eigenvalue weighted by Gasteiger charge is -2.21. The van der Waals surface area contributed by atoms with Gasteiger partial charge in [0.1, 0.15) is 0 Å². The van der Waals surface area contributed by atoms with Gasteiger partial charge in [0, 0.05) is 53.7 Å². The summed E-state index contributed by atoms with van der Waals surface area (Å²) in [5.74, 6) is 2.78. The molecule has 1 N–H and O–H groups in total. The molecule has 2 aliphatic rings. The predicted molar refractivity (Wildman–Crippen MR) is 133 cm³/mol. The molecular weight excluding hydrogens is 502 g/mol. The summed E-state index contributed by atoms with van der Waals surface area (Å²) in [6, 6.07) is 11.1. The third-order valence-corrected chi connectivity index (χ3v) is 8.09. The highest BCUT2D eigenvalue weighted by atomic mass is 79.9. The van der Waals surface area contributed by atoms with Gasteiger partial charge in [-0.05, 0) is 61.6 Å². The number of carboxylic acid groups (broad SMARTS) is 1. The number of hydrogen-bond donors (Lipinski definition) is 1. The summed E-state index contributed by atoms with van der Waals surface area (Å²) < 4.78 is 3.24. The largest absolute Gasteiger partial charge is 0.483 e. The molecule has 1 aromatic carbocycles. The van der Waals surface area contributed by atoms with Crippen molar-refractivity contribution in [2.75, 3.05) is 25.4 Å². The first-order valence-corrected chi connectivity index (χ1v) is 12.7. The Balaban J connectivity index is 0.000000821. The van der Waals surface area contributed by atoms with Crippen molar-refractivity contribution in [3.63, 3.8) is 0 Å². The molecule has 2 aromatic heterocycles. The van der Waals surface area contributed by atoms with E-state index in [1.165, 1.54) is 31.5 Å². The van der Waals surface area contributed by atoms with Crippen LogP contribution < -0.4 is 0 Å². The van der Waals surface area contributed by atoms with Gasteiger partial charge >= 0.3 is 0 Å². The third kappa shape index (κ3) is 5.31. The second-order valence-electron chi connectivity index (χ2n) is 8.72. The van der Waals surface area contributed by atoms with Gasteiger partial charge in [0.15, 0.2) is 11.0 Å². The number of carbonyl (C=O) groups is 1. The molecule has 0 radical (unpaired) electrons. The normalized spacial score (nSPS) is 21.2. The zero-order valence-corrected chi connectivity index (χ0v) is 21.2. The Kier molecular flexibility index (Phi) is 7.51. The van der Waals surface area contributed by atoms with Gasteiger partial charge in [-0.3, -0.25) is 9.78 Å². The molecule has 1 saturated carbocycles. The van der Waals surface area contributed by atoms with Gasteiger partial charge in [-0.15, -0.1) is 10.2 Å². The standard InChI is InChI=1S/C23H26BrN5S.CH2O2/c1-16-10-17(13-25-12-16)21-26-27-22(28(21)2)30-9-3-8-29-14-19-11-23(19,15-29)18-4-6-20(24)7-5-18;2-1-3/h4-7,10,12-13,19H,3,8-9,11,14-15H2,1-2H3;1H,(H,2,3)/t19-,23?;/m0./s1. The van der Waals surface area contributed by atoms with Crippen molar-refractivity contribution in [1.29, 1.82) is 0 Å². The van der Waals surface area contributed by atoms with Gasteiger partial charge in [0.05, 0.1) is 0 Å². The number of aryl methyl sites for hydroxylation is 1. The van der Waals surface area contributed by atoms with Crippen LogP contribution in [0.1, 0.15) is 24.0 Å². The quantitative estimate of drug-likeness (QED) is 0.275. The van der Waals surface area contributed by atoms with Crippen LogP contribution in [0.3, 0.4) is 0 Å². The summed E-state index contributed by atoms with van der Waals surface area (Å²) in [6.07, 6.45) is 6.24. The molecule has 3 aromatic rings. The van der Waals surface area contributed by atoms with Crippen LogP contribution >= 0.6 is 27.7 Å². The van der Waals surface area contributed by atoms with E-state index in [1.807, 2.05) is 26.4 Å². The number of hydrogen-bond acceptors (Lipinski definition) is 6. The van der Waals surface area contributed by atoms with E-state index < -0.39 is 0 Å². The third-order valence-electron chi connectivity index (χ3n) is 6.45. The van der Waals surface area contributed by atoms with Gasteiger partial charge in [-0.2, -0.15) is 0 Å². The fourth-order valence-corrected chi connectivity index (χ4v) is 5.91. The SMILES string of the molecule is Cc1cncc(-c2nnc(SCCCN3C[C@@H]4CC4(c4ccc(Br)cc4)C3)n2C)c1.O=CO. The minimum Gasteiger partial charge on any atom is -0.483 e. The molecule has 33 heavy (non-hydrogen) atoms. The van der Waals surface area contributed by atoms with E-state index in [0.29, 0.717) is 5.41 Å². The van der Waals surface area contributed by atoms with Gasteiger partial charge in [-0.1, -0.05) is 39.8 Å². The molecule has 0 amide bonds. The first-order chi connectivity index (χ1) is 16.0. The molecule has 9 heteroatoms. The molecule has 1 aliphatic carbocycles. The molecule has 3 heterocycles. The number of halogens is 1. The summed E-state index contributed by atoms with van der Waals surface area (Å²) >= 11 is 5.35. The summed E-state index contributed by atoms with van der Waals surface area (Å²) in [5.41, 5.74) is 4.10. The zero-order valence-electron chi connectivity index (χ0n) is 18.8. The molecule has 0 spiro atoms. The van der Waals surface area contributed by atoms with Crippen molar-refractivity contribution in [3.05, 3.63) is 58.3 Å². The maximum absolute atomic E-state index is 8.36. The van der Waals surface area contributed by atoms with E-state index in [9.17, 15) is 0 Å². The monoisotopic (exact) mass is 529 g/mol. The first-order valence-electron chi connectivity index (χ1n) is 11.0. The van der Waals surface area contributed by atoms with Gasteiger partial charge in [0.2, 0.25) is 0 Å². The summed E-state index contributed by atoms with van der Waals surface area (Å²) in [5, 5.41) is 16.6. The Morgan fingerprint density at radius 1 is 1.27 bits per heavy atom. The maximum atomic E-state index is 8.36. The van der Waals surface area contributed by atoms with Gasteiger partial charge in [0.25, 0.3) is 6.47 Å². The Hall–Kier alpha value is -2.23. The minimum atomic E-state index is -0.250. The lowest BCUT2D eigenvalue weighted by atomic mass is 9.95. The van der Waals surface area contributed by atoms with Crippen LogP contribution in [0, 0.1) is 12.8 Å². The maximum Gasteiger partial charge on any atom is 0.290 e. The smallest absolute Gasteiger partial charge is 0.290 e. The molecule has 1 aliphatic heterocycles. The van der Waals surface area contributed by atoms with Crippen LogP contribution in [-0.4, -0.2) is 61.6 Å². The number of fused-ring (bicyclic) bond motifs is 1. The lowest BCUT2D eigenvalue weighted by molar-refractivity contribution is -0.122. The van der Waals surface area contributed by atoms with E-state index in [2.05, 4.69) is 70.9 Å². The summed E-state index contributed by atoms with van der Waals surface area (Å²) in [7, 11) is 2.04. The van der Waals surface area contributed by atoms with Crippen LogP contribution in [0.25, 0.3) is 11.4 Å². The van der Waals surface area contributed by atoms with Crippen LogP contribution in [0.15, 0.2) is 52.4 Å². The van der Waals surface area contributed by atoms with E-state index in [0.717, 1.165) is 44.8 Å². The highest BCUT2D eigenvalue weighted by Gasteiger charge is 2.60. The van der Waals surface area contributed by atoms with Crippen LogP contribution in [0.5, 0.6) is 0 Å². The van der Waals surface area contributed by atoms with E-state index in [1.54, 1.807) is 11.8 Å². The predicted octanol–water partition coefficient (Wildman–Crippen LogP) is 4.40. The number of pyridine rings is 1. The van der Waals surface area contributed by atoms with Gasteiger partial charge in [-0.25, -0.2) is 0 Å². The number of nitrogens with zero attached hydrogens (tertiary/aromatic N) is 5. The zero-order chi connectivity index (χ0) is 23.4. The van der Waals surface area contributed by atoms with Crippen molar-refractivity contribution >= 4 is 34.2 Å². The second kappa shape index (κ2) is 10.4. The molecule has 5 rings (SSSR count). The molecule has 1 unspecified atom stereocenters. The number of likely N-dealkylation sites (tertiary alicyclic amines) is 1. The highest BCUT2D eigenvalue weighted by molar-refractivity contribution is 9.10. The molecule has 7 nitrogen and oxygen atoms in total. The average Bonchev–Trinajstić information content (AvgIpc) is 3.17. The fraction of sp³-hybridized carbons (Fsp3) is 0.417. The molecule has 2 fully saturated rings. The van der Waals surface area contributed by atoms with E-state index in [4.69, 9.17) is 9.90 Å². The summed E-state index contributed by atoms with van der Waals surface area (Å²) in [6.45, 7) is 5.41. The molecule has 174 valence electrons. The van der Waals surface area contributed by atoms with E-state index in [-0.39, 0.29) is 6.47 Å². The van der Waals surface area contributed by atoms with Crippen molar-refractivity contribution in [2.45, 2.75) is 30.3 Å². The summed E-state index contributed by atoms with van der Waals surface area (Å²) in [4.78, 5) is 15.3. The van der Waals surface area contributed by atoms with Crippen LogP contribution in [0.4, 0.5) is 0 Å². The number of rotatable bonds is 7. The number of benzene rings is 1. The van der Waals surface area contributed by atoms with Crippen LogP contribution in [0.2, 0.25) is 0 Å². The second-order valence-corrected chi connectivity index (χ2v) is 10.7. The minimum absolute atomic E-state index is 0.250. The van der Waals surface area contributed by atoms with Crippen LogP contribution in [-0.2, 0) is 17.3 Å². The number of aromatic nitrogens is 4. The molecule has 1 saturated heterocycles. The van der Waals surface area contributed by atoms with E-state index >= 15 is 0 Å². The highest BCUT2D eigenvalue weighted by Crippen LogP contribution is 2.59. The Labute approximate surface area is 206 Å². The fourth-order valence-electron chi connectivity index (χ4n) is 4.81. The Bertz CT molecular complexity index is 1110. The average molecular weight is 530 g/mol. The topological polar surface area (TPSA) is 84.1 Å². The molecule has 2 atom stereocenters. The Morgan fingerprint density at radius 2 is 2.03 bits per heavy atom. The first kappa shape index (κ1) is 23.9. The number of piperidine rings is 1. The van der Waals surface area contributed by atoms with Crippen molar-refractivity contribution in [1.82, 2.24) is 24.6 Å². The Morgan fingerprint density at radius 3 is 2.76 bits per heavy atom.